The van der Waals surface area contributed by atoms with E-state index < -0.39 is 0 Å². The smallest absolute Gasteiger partial charge is 0.239 e. The summed E-state index contributed by atoms with van der Waals surface area (Å²) in [5, 5.41) is 3.33. The second-order valence-corrected chi connectivity index (χ2v) is 5.54. The fraction of sp³-hybridized carbons (Fsp3) is 0.562. The molecule has 0 aromatic heterocycles. The predicted octanol–water partition coefficient (Wildman–Crippen LogP) is 1.91. The van der Waals surface area contributed by atoms with Crippen LogP contribution in [0.5, 0.6) is 11.5 Å². The van der Waals surface area contributed by atoms with Gasteiger partial charge in [0.15, 0.2) is 11.5 Å². The fourth-order valence-electron chi connectivity index (χ4n) is 2.89. The maximum absolute atomic E-state index is 12.6. The average molecular weight is 290 g/mol. The number of nitrogens with one attached hydrogen (secondary N) is 1. The van der Waals surface area contributed by atoms with Gasteiger partial charge >= 0.3 is 0 Å². The van der Waals surface area contributed by atoms with E-state index in [1.165, 1.54) is 0 Å². The van der Waals surface area contributed by atoms with E-state index in [9.17, 15) is 4.79 Å². The van der Waals surface area contributed by atoms with E-state index in [0.717, 1.165) is 42.9 Å². The van der Waals surface area contributed by atoms with Crippen LogP contribution in [-0.4, -0.2) is 36.7 Å². The van der Waals surface area contributed by atoms with E-state index in [0.29, 0.717) is 13.1 Å². The Hall–Kier alpha value is -1.75. The number of benzene rings is 1. The molecule has 0 spiro atoms. The zero-order valence-corrected chi connectivity index (χ0v) is 12.4. The lowest BCUT2D eigenvalue weighted by atomic mass is 10.0. The van der Waals surface area contributed by atoms with Gasteiger partial charge in [-0.1, -0.05) is 12.5 Å². The summed E-state index contributed by atoms with van der Waals surface area (Å²) in [6.45, 7) is 4.57. The van der Waals surface area contributed by atoms with Crippen molar-refractivity contribution < 1.29 is 14.3 Å². The van der Waals surface area contributed by atoms with E-state index in [4.69, 9.17) is 9.47 Å². The Kier molecular flexibility index (Phi) is 4.29. The van der Waals surface area contributed by atoms with Crippen molar-refractivity contribution in [1.82, 2.24) is 10.2 Å². The number of piperidine rings is 1. The Balaban J connectivity index is 1.67. The lowest BCUT2D eigenvalue weighted by molar-refractivity contribution is -0.134. The molecule has 114 valence electrons. The highest BCUT2D eigenvalue weighted by Crippen LogP contribution is 2.32. The van der Waals surface area contributed by atoms with Crippen molar-refractivity contribution >= 4 is 5.91 Å². The molecule has 0 aliphatic carbocycles. The van der Waals surface area contributed by atoms with Crippen LogP contribution >= 0.6 is 0 Å². The third kappa shape index (κ3) is 3.13. The van der Waals surface area contributed by atoms with Gasteiger partial charge in [0.05, 0.1) is 6.04 Å². The minimum Gasteiger partial charge on any atom is -0.454 e. The molecule has 0 radical (unpaired) electrons. The average Bonchev–Trinajstić information content (AvgIpc) is 3.00. The second kappa shape index (κ2) is 6.35. The molecule has 1 saturated heterocycles. The summed E-state index contributed by atoms with van der Waals surface area (Å²) in [5.41, 5.74) is 1.07. The molecule has 1 aromatic carbocycles. The molecular formula is C16H22N2O3. The van der Waals surface area contributed by atoms with Gasteiger partial charge in [0.2, 0.25) is 12.7 Å². The monoisotopic (exact) mass is 290 g/mol. The van der Waals surface area contributed by atoms with Crippen molar-refractivity contribution in [3.8, 4) is 11.5 Å². The first-order chi connectivity index (χ1) is 10.3. The van der Waals surface area contributed by atoms with Crippen LogP contribution < -0.4 is 14.8 Å². The number of nitrogens with zero attached hydrogens (tertiary/aromatic N) is 1. The van der Waals surface area contributed by atoms with Gasteiger partial charge in [-0.3, -0.25) is 4.79 Å². The molecule has 1 atom stereocenters. The van der Waals surface area contributed by atoms with Gasteiger partial charge in [-0.15, -0.1) is 0 Å². The Morgan fingerprint density at radius 1 is 1.33 bits per heavy atom. The molecule has 1 amide bonds. The largest absolute Gasteiger partial charge is 0.454 e. The molecule has 5 heteroatoms. The number of hydrogen-bond donors (Lipinski definition) is 1. The van der Waals surface area contributed by atoms with Crippen molar-refractivity contribution in [3.63, 3.8) is 0 Å². The summed E-state index contributed by atoms with van der Waals surface area (Å²) in [6, 6.07) is 5.85. The van der Waals surface area contributed by atoms with Gasteiger partial charge < -0.3 is 19.7 Å². The van der Waals surface area contributed by atoms with Gasteiger partial charge in [0.1, 0.15) is 0 Å². The predicted molar refractivity (Wildman–Crippen MR) is 79.3 cm³/mol. The first-order valence-electron chi connectivity index (χ1n) is 7.68. The lowest BCUT2D eigenvalue weighted by Gasteiger charge is -2.29. The molecule has 21 heavy (non-hydrogen) atoms. The Bertz CT molecular complexity index is 512. The summed E-state index contributed by atoms with van der Waals surface area (Å²) in [5.74, 6) is 1.75. The second-order valence-electron chi connectivity index (χ2n) is 5.54. The zero-order valence-electron chi connectivity index (χ0n) is 12.4. The van der Waals surface area contributed by atoms with Crippen LogP contribution in [0, 0.1) is 0 Å². The van der Waals surface area contributed by atoms with Crippen LogP contribution in [0.3, 0.4) is 0 Å². The molecule has 2 heterocycles. The van der Waals surface area contributed by atoms with Gasteiger partial charge in [-0.25, -0.2) is 0 Å². The van der Waals surface area contributed by atoms with Crippen molar-refractivity contribution in [1.29, 1.82) is 0 Å². The number of amides is 1. The van der Waals surface area contributed by atoms with Gasteiger partial charge in [-0.2, -0.15) is 0 Å². The molecule has 0 unspecified atom stereocenters. The maximum atomic E-state index is 12.6. The summed E-state index contributed by atoms with van der Waals surface area (Å²) in [6.07, 6.45) is 3.24. The van der Waals surface area contributed by atoms with E-state index >= 15 is 0 Å². The van der Waals surface area contributed by atoms with Gasteiger partial charge in [-0.05, 0) is 44.0 Å². The minimum absolute atomic E-state index is 0.0206. The highest BCUT2D eigenvalue weighted by Gasteiger charge is 2.25. The van der Waals surface area contributed by atoms with Crippen LogP contribution in [0.15, 0.2) is 18.2 Å². The molecule has 0 saturated carbocycles. The first kappa shape index (κ1) is 14.2. The van der Waals surface area contributed by atoms with Crippen LogP contribution in [0.25, 0.3) is 0 Å². The van der Waals surface area contributed by atoms with E-state index in [-0.39, 0.29) is 18.7 Å². The maximum Gasteiger partial charge on any atom is 0.239 e. The number of fused-ring (bicyclic) bond motifs is 1. The SMILES string of the molecule is CCN(Cc1ccc2c(c1)OCO2)C(=O)[C@@H]1CCCCN1. The molecule has 2 aliphatic rings. The number of rotatable bonds is 4. The van der Waals surface area contributed by atoms with Crippen molar-refractivity contribution in [2.24, 2.45) is 0 Å². The number of likely N-dealkylation sites (N-methyl/N-ethyl adjacent to an activating group) is 1. The van der Waals surface area contributed by atoms with Crippen molar-refractivity contribution in [3.05, 3.63) is 23.8 Å². The number of carbonyl (C=O) groups is 1. The van der Waals surface area contributed by atoms with Crippen LogP contribution in [0.1, 0.15) is 31.7 Å². The van der Waals surface area contributed by atoms with E-state index in [1.807, 2.05) is 30.0 Å². The van der Waals surface area contributed by atoms with E-state index in [2.05, 4.69) is 5.32 Å². The zero-order chi connectivity index (χ0) is 14.7. The molecule has 1 N–H and O–H groups in total. The highest BCUT2D eigenvalue weighted by molar-refractivity contribution is 5.82. The van der Waals surface area contributed by atoms with Gasteiger partial charge in [0.25, 0.3) is 0 Å². The summed E-state index contributed by atoms with van der Waals surface area (Å²) >= 11 is 0. The first-order valence-corrected chi connectivity index (χ1v) is 7.68. The van der Waals surface area contributed by atoms with Crippen LogP contribution in [-0.2, 0) is 11.3 Å². The third-order valence-corrected chi connectivity index (χ3v) is 4.11. The van der Waals surface area contributed by atoms with Crippen molar-refractivity contribution in [2.75, 3.05) is 19.9 Å². The Morgan fingerprint density at radius 3 is 2.95 bits per heavy atom. The molecule has 2 aliphatic heterocycles. The number of hydrogen-bond acceptors (Lipinski definition) is 4. The van der Waals surface area contributed by atoms with Crippen LogP contribution in [0.4, 0.5) is 0 Å². The summed E-state index contributed by atoms with van der Waals surface area (Å²) in [7, 11) is 0. The number of ether oxygens (including phenoxy) is 2. The summed E-state index contributed by atoms with van der Waals surface area (Å²) in [4.78, 5) is 14.5. The van der Waals surface area contributed by atoms with E-state index in [1.54, 1.807) is 0 Å². The lowest BCUT2D eigenvalue weighted by Crippen LogP contribution is -2.48. The standard InChI is InChI=1S/C16H22N2O3/c1-2-18(16(19)13-5-3-4-8-17-13)10-12-6-7-14-15(9-12)21-11-20-14/h6-7,9,13,17H,2-5,8,10-11H2,1H3/t13-/m0/s1. The third-order valence-electron chi connectivity index (χ3n) is 4.11. The minimum atomic E-state index is -0.0206. The number of carbonyl (C=O) groups excluding carboxylic acids is 1. The molecule has 1 fully saturated rings. The molecule has 5 nitrogen and oxygen atoms in total. The van der Waals surface area contributed by atoms with Crippen molar-refractivity contribution in [2.45, 2.75) is 38.8 Å². The van der Waals surface area contributed by atoms with Crippen LogP contribution in [0.2, 0.25) is 0 Å². The fourth-order valence-corrected chi connectivity index (χ4v) is 2.89. The normalized spacial score (nSPS) is 20.3. The molecule has 3 rings (SSSR count). The Labute approximate surface area is 125 Å². The molecule has 1 aromatic rings. The quantitative estimate of drug-likeness (QED) is 0.920. The summed E-state index contributed by atoms with van der Waals surface area (Å²) < 4.78 is 10.7. The van der Waals surface area contributed by atoms with Gasteiger partial charge in [0, 0.05) is 13.1 Å². The molecular weight excluding hydrogens is 268 g/mol. The topological polar surface area (TPSA) is 50.8 Å². The Morgan fingerprint density at radius 2 is 2.19 bits per heavy atom. The molecule has 0 bridgehead atoms. The highest BCUT2D eigenvalue weighted by atomic mass is 16.7.